The minimum atomic E-state index is -0.530. The topological polar surface area (TPSA) is 59.9 Å². The van der Waals surface area contributed by atoms with Gasteiger partial charge in [-0.15, -0.1) is 0 Å². The molecule has 5 nitrogen and oxygen atoms in total. The summed E-state index contributed by atoms with van der Waals surface area (Å²) in [5, 5.41) is 6.27. The van der Waals surface area contributed by atoms with Crippen LogP contribution in [0.2, 0.25) is 10.0 Å². The van der Waals surface area contributed by atoms with Gasteiger partial charge in [-0.05, 0) is 87.0 Å². The number of rotatable bonds is 7. The van der Waals surface area contributed by atoms with Crippen molar-refractivity contribution in [3.8, 4) is 16.9 Å². The fourth-order valence-corrected chi connectivity index (χ4v) is 5.05. The summed E-state index contributed by atoms with van der Waals surface area (Å²) in [6.45, 7) is 8.36. The summed E-state index contributed by atoms with van der Waals surface area (Å²) in [5.74, 6) is 0.781. The van der Waals surface area contributed by atoms with E-state index in [0.717, 1.165) is 60.9 Å². The van der Waals surface area contributed by atoms with E-state index in [1.165, 1.54) is 0 Å². The van der Waals surface area contributed by atoms with Gasteiger partial charge in [-0.1, -0.05) is 29.3 Å². The van der Waals surface area contributed by atoms with Gasteiger partial charge in [-0.3, -0.25) is 9.48 Å². The van der Waals surface area contributed by atoms with Crippen LogP contribution in [0.4, 0.5) is 0 Å². The molecule has 8 heteroatoms. The molecule has 178 valence electrons. The maximum atomic E-state index is 12.3. The molecule has 0 aliphatic heterocycles. The van der Waals surface area contributed by atoms with Gasteiger partial charge in [-0.2, -0.15) is 5.10 Å². The molecule has 2 heterocycles. The molecule has 4 aromatic rings. The predicted molar refractivity (Wildman–Crippen MR) is 140 cm³/mol. The fourth-order valence-electron chi connectivity index (χ4n) is 4.53. The van der Waals surface area contributed by atoms with Crippen LogP contribution in [0.3, 0.4) is 0 Å². The van der Waals surface area contributed by atoms with Crippen molar-refractivity contribution in [3.05, 3.63) is 68.1 Å². The third kappa shape index (κ3) is 4.45. The van der Waals surface area contributed by atoms with Crippen molar-refractivity contribution < 1.29 is 9.53 Å². The summed E-state index contributed by atoms with van der Waals surface area (Å²) in [6.07, 6.45) is 1.32. The van der Waals surface area contributed by atoms with Gasteiger partial charge < -0.3 is 9.72 Å². The lowest BCUT2D eigenvalue weighted by atomic mass is 9.98. The van der Waals surface area contributed by atoms with Gasteiger partial charge in [0.2, 0.25) is 0 Å². The number of halogens is 3. The molecule has 0 spiro atoms. The number of carbonyl (C=O) groups excluding carboxylic acids is 1. The molecule has 0 unspecified atom stereocenters. The predicted octanol–water partition coefficient (Wildman–Crippen LogP) is 7.50. The molecule has 0 radical (unpaired) electrons. The van der Waals surface area contributed by atoms with E-state index in [4.69, 9.17) is 39.5 Å². The average molecular weight is 519 g/mol. The Morgan fingerprint density at radius 2 is 1.76 bits per heavy atom. The van der Waals surface area contributed by atoms with Crippen LogP contribution in [-0.2, 0) is 13.5 Å². The van der Waals surface area contributed by atoms with Gasteiger partial charge >= 0.3 is 0 Å². The Labute approximate surface area is 214 Å². The third-order valence-electron chi connectivity index (χ3n) is 6.24. The van der Waals surface area contributed by atoms with Crippen molar-refractivity contribution in [2.24, 2.45) is 7.05 Å². The van der Waals surface area contributed by atoms with Crippen LogP contribution in [0.15, 0.2) is 24.3 Å². The number of benzene rings is 2. The van der Waals surface area contributed by atoms with Crippen LogP contribution in [0, 0.1) is 27.7 Å². The molecule has 0 bridgehead atoms. The van der Waals surface area contributed by atoms with E-state index in [2.05, 4.69) is 10.1 Å². The highest BCUT2D eigenvalue weighted by Crippen LogP contribution is 2.40. The Kier molecular flexibility index (Phi) is 6.99. The maximum Gasteiger partial charge on any atom is 0.268 e. The molecule has 0 saturated heterocycles. The number of carbonyl (C=O) groups is 1. The Hall–Kier alpha value is -2.47. The normalized spacial score (nSPS) is 11.4. The SMILES string of the molecule is Cc1cc(OCCCc2c(C(=O)Cl)[nH]c3c(-c4c(C)nn(C)c4C)c(Cl)ccc23)cc(C)c1Cl. The second-order valence-corrected chi connectivity index (χ2v) is 9.72. The zero-order valence-corrected chi connectivity index (χ0v) is 22.0. The molecular weight excluding hydrogens is 493 g/mol. The summed E-state index contributed by atoms with van der Waals surface area (Å²) in [6, 6.07) is 7.66. The van der Waals surface area contributed by atoms with Gasteiger partial charge in [-0.25, -0.2) is 0 Å². The van der Waals surface area contributed by atoms with E-state index >= 15 is 0 Å². The second-order valence-electron chi connectivity index (χ2n) is 8.59. The number of H-pyrrole nitrogens is 1. The number of ether oxygens (including phenoxy) is 1. The number of hydrogen-bond donors (Lipinski definition) is 1. The van der Waals surface area contributed by atoms with E-state index in [1.807, 2.05) is 63.7 Å². The number of fused-ring (bicyclic) bond motifs is 1. The van der Waals surface area contributed by atoms with Gasteiger partial charge in [0.15, 0.2) is 0 Å². The first-order valence-electron chi connectivity index (χ1n) is 11.0. The summed E-state index contributed by atoms with van der Waals surface area (Å²) in [7, 11) is 1.90. The largest absolute Gasteiger partial charge is 0.494 e. The van der Waals surface area contributed by atoms with Gasteiger partial charge in [0.05, 0.1) is 22.8 Å². The first-order valence-corrected chi connectivity index (χ1v) is 12.2. The highest BCUT2D eigenvalue weighted by Gasteiger charge is 2.23. The zero-order valence-electron chi connectivity index (χ0n) is 19.8. The smallest absolute Gasteiger partial charge is 0.268 e. The molecule has 0 fully saturated rings. The molecule has 0 amide bonds. The molecule has 4 rings (SSSR count). The molecule has 2 aromatic heterocycles. The van der Waals surface area contributed by atoms with Gasteiger partial charge in [0, 0.05) is 34.3 Å². The van der Waals surface area contributed by atoms with E-state index in [9.17, 15) is 4.79 Å². The number of aromatic nitrogens is 3. The Morgan fingerprint density at radius 1 is 1.09 bits per heavy atom. The minimum Gasteiger partial charge on any atom is -0.494 e. The van der Waals surface area contributed by atoms with Crippen molar-refractivity contribution in [2.45, 2.75) is 40.5 Å². The molecule has 2 aromatic carbocycles. The van der Waals surface area contributed by atoms with Crippen LogP contribution in [-0.4, -0.2) is 26.6 Å². The van der Waals surface area contributed by atoms with Gasteiger partial charge in [0.25, 0.3) is 5.24 Å². The third-order valence-corrected chi connectivity index (χ3v) is 7.34. The van der Waals surface area contributed by atoms with Crippen LogP contribution in [0.1, 0.15) is 45.0 Å². The molecule has 0 atom stereocenters. The summed E-state index contributed by atoms with van der Waals surface area (Å²) >= 11 is 18.9. The maximum absolute atomic E-state index is 12.3. The molecule has 0 aliphatic carbocycles. The first-order chi connectivity index (χ1) is 16.1. The molecule has 1 N–H and O–H groups in total. The van der Waals surface area contributed by atoms with E-state index in [0.29, 0.717) is 30.2 Å². The van der Waals surface area contributed by atoms with Crippen LogP contribution in [0.5, 0.6) is 5.75 Å². The number of nitrogens with zero attached hydrogens (tertiary/aromatic N) is 2. The molecule has 0 saturated carbocycles. The second kappa shape index (κ2) is 9.65. The lowest BCUT2D eigenvalue weighted by molar-refractivity contribution is 0.107. The van der Waals surface area contributed by atoms with E-state index < -0.39 is 5.24 Å². The molecule has 0 aliphatic rings. The van der Waals surface area contributed by atoms with Crippen molar-refractivity contribution in [3.63, 3.8) is 0 Å². The van der Waals surface area contributed by atoms with Crippen molar-refractivity contribution in [1.29, 1.82) is 0 Å². The Bertz CT molecular complexity index is 1400. The number of nitrogens with one attached hydrogen (secondary N) is 1. The number of aromatic amines is 1. The summed E-state index contributed by atoms with van der Waals surface area (Å²) in [5.41, 5.74) is 7.64. The first kappa shape index (κ1) is 24.6. The number of aryl methyl sites for hydroxylation is 5. The molecular formula is C26H26Cl3N3O2. The minimum absolute atomic E-state index is 0.387. The lowest BCUT2D eigenvalue weighted by Crippen LogP contribution is -2.02. The van der Waals surface area contributed by atoms with Crippen LogP contribution in [0.25, 0.3) is 22.0 Å². The Morgan fingerprint density at radius 3 is 2.35 bits per heavy atom. The summed E-state index contributed by atoms with van der Waals surface area (Å²) in [4.78, 5) is 15.6. The monoisotopic (exact) mass is 517 g/mol. The summed E-state index contributed by atoms with van der Waals surface area (Å²) < 4.78 is 7.79. The lowest BCUT2D eigenvalue weighted by Gasteiger charge is -2.10. The van der Waals surface area contributed by atoms with Crippen molar-refractivity contribution in [2.75, 3.05) is 6.61 Å². The zero-order chi connectivity index (χ0) is 24.7. The van der Waals surface area contributed by atoms with Gasteiger partial charge in [0.1, 0.15) is 11.4 Å². The van der Waals surface area contributed by atoms with E-state index in [1.54, 1.807) is 0 Å². The highest BCUT2D eigenvalue weighted by atomic mass is 35.5. The van der Waals surface area contributed by atoms with E-state index in [-0.39, 0.29) is 0 Å². The van der Waals surface area contributed by atoms with Crippen molar-refractivity contribution in [1.82, 2.24) is 14.8 Å². The molecule has 34 heavy (non-hydrogen) atoms. The quantitative estimate of drug-likeness (QED) is 0.203. The highest BCUT2D eigenvalue weighted by molar-refractivity contribution is 6.67. The Balaban J connectivity index is 1.67. The van der Waals surface area contributed by atoms with Crippen LogP contribution >= 0.6 is 34.8 Å². The van der Waals surface area contributed by atoms with Crippen LogP contribution < -0.4 is 4.74 Å². The standard InChI is InChI=1S/C26H26Cl3N3O2/c1-13-11-17(12-14(2)23(13)28)34-10-6-7-18-19-8-9-20(27)22(24(19)30-25(18)26(29)33)21-15(3)31-32(5)16(21)4/h8-9,11-12,30H,6-7,10H2,1-5H3. The fraction of sp³-hybridized carbons (Fsp3) is 0.308. The number of hydrogen-bond acceptors (Lipinski definition) is 3. The average Bonchev–Trinajstić information content (AvgIpc) is 3.26. The van der Waals surface area contributed by atoms with Crippen molar-refractivity contribution >= 4 is 50.9 Å².